The molecule has 0 atom stereocenters. The molecule has 0 radical (unpaired) electrons. The summed E-state index contributed by atoms with van der Waals surface area (Å²) in [6, 6.07) is 59.0. The molecule has 0 unspecified atom stereocenters. The van der Waals surface area contributed by atoms with E-state index in [1.54, 1.807) is 0 Å². The monoisotopic (exact) mass is 585 g/mol. The maximum Gasteiger partial charge on any atom is 0.148 e. The molecule has 0 bridgehead atoms. The average molecular weight is 586 g/mol. The van der Waals surface area contributed by atoms with Gasteiger partial charge in [-0.3, -0.25) is 4.40 Å². The summed E-state index contributed by atoms with van der Waals surface area (Å²) in [5.41, 5.74) is 12.5. The normalized spacial score (nSPS) is 11.9. The van der Waals surface area contributed by atoms with E-state index in [1.165, 1.54) is 54.8 Å². The van der Waals surface area contributed by atoms with Crippen LogP contribution in [0.15, 0.2) is 164 Å². The SMILES string of the molecule is c1ccc(-c2cc(-c3ccccc3)cc(-n3c4ccccc4c4ccc5c6ccccc6n6c7ccccc7nc6c5c43)c2)cc1. The first-order valence-corrected chi connectivity index (χ1v) is 15.7. The van der Waals surface area contributed by atoms with Crippen molar-refractivity contribution >= 4 is 60.2 Å². The second-order valence-corrected chi connectivity index (χ2v) is 12.0. The molecule has 0 aliphatic heterocycles. The van der Waals surface area contributed by atoms with Crippen molar-refractivity contribution in [3.63, 3.8) is 0 Å². The van der Waals surface area contributed by atoms with Crippen LogP contribution in [0.5, 0.6) is 0 Å². The number of hydrogen-bond donors (Lipinski definition) is 0. The first-order chi connectivity index (χ1) is 22.8. The van der Waals surface area contributed by atoms with E-state index < -0.39 is 0 Å². The van der Waals surface area contributed by atoms with Gasteiger partial charge in [0.05, 0.1) is 33.0 Å². The summed E-state index contributed by atoms with van der Waals surface area (Å²) in [5.74, 6) is 0. The Morgan fingerprint density at radius 1 is 0.391 bits per heavy atom. The number of imidazole rings is 1. The second-order valence-electron chi connectivity index (χ2n) is 12.0. The van der Waals surface area contributed by atoms with E-state index in [2.05, 4.69) is 173 Å². The summed E-state index contributed by atoms with van der Waals surface area (Å²) < 4.78 is 4.82. The predicted molar refractivity (Wildman–Crippen MR) is 193 cm³/mol. The van der Waals surface area contributed by atoms with Crippen molar-refractivity contribution in [1.82, 2.24) is 14.0 Å². The van der Waals surface area contributed by atoms with Crippen LogP contribution >= 0.6 is 0 Å². The minimum Gasteiger partial charge on any atom is -0.308 e. The second kappa shape index (κ2) is 9.65. The van der Waals surface area contributed by atoms with E-state index >= 15 is 0 Å². The average Bonchev–Trinajstić information content (AvgIpc) is 3.69. The Labute approximate surface area is 265 Å². The number of rotatable bonds is 3. The Morgan fingerprint density at radius 2 is 0.935 bits per heavy atom. The van der Waals surface area contributed by atoms with Crippen molar-refractivity contribution in [2.75, 3.05) is 0 Å². The minimum absolute atomic E-state index is 0.979. The van der Waals surface area contributed by atoms with Gasteiger partial charge in [-0.15, -0.1) is 0 Å². The van der Waals surface area contributed by atoms with Gasteiger partial charge in [0.15, 0.2) is 0 Å². The summed E-state index contributed by atoms with van der Waals surface area (Å²) in [5, 5.41) is 6.04. The summed E-state index contributed by atoms with van der Waals surface area (Å²) in [7, 11) is 0. The Kier molecular flexibility index (Phi) is 5.28. The third-order valence-corrected chi connectivity index (χ3v) is 9.45. The fourth-order valence-corrected chi connectivity index (χ4v) is 7.45. The number of hydrogen-bond acceptors (Lipinski definition) is 1. The summed E-state index contributed by atoms with van der Waals surface area (Å²) in [4.78, 5) is 5.33. The lowest BCUT2D eigenvalue weighted by Crippen LogP contribution is -1.98. The van der Waals surface area contributed by atoms with Crippen LogP contribution in [0.3, 0.4) is 0 Å². The largest absolute Gasteiger partial charge is 0.308 e. The number of aromatic nitrogens is 3. The van der Waals surface area contributed by atoms with Crippen molar-refractivity contribution in [1.29, 1.82) is 0 Å². The Bertz CT molecular complexity index is 2730. The van der Waals surface area contributed by atoms with Gasteiger partial charge in [0, 0.05) is 21.8 Å². The van der Waals surface area contributed by atoms with Crippen molar-refractivity contribution in [2.24, 2.45) is 0 Å². The zero-order valence-electron chi connectivity index (χ0n) is 24.9. The van der Waals surface area contributed by atoms with E-state index in [9.17, 15) is 0 Å². The maximum absolute atomic E-state index is 5.33. The highest BCUT2D eigenvalue weighted by molar-refractivity contribution is 6.27. The van der Waals surface area contributed by atoms with Crippen LogP contribution in [0, 0.1) is 0 Å². The third kappa shape index (κ3) is 3.57. The van der Waals surface area contributed by atoms with Crippen LogP contribution in [0.2, 0.25) is 0 Å². The van der Waals surface area contributed by atoms with E-state index in [0.717, 1.165) is 33.3 Å². The first kappa shape index (κ1) is 25.2. The van der Waals surface area contributed by atoms with Gasteiger partial charge in [0.2, 0.25) is 0 Å². The number of benzene rings is 7. The van der Waals surface area contributed by atoms with Crippen molar-refractivity contribution in [3.8, 4) is 27.9 Å². The predicted octanol–water partition coefficient (Wildman–Crippen LogP) is 11.2. The molecule has 214 valence electrons. The van der Waals surface area contributed by atoms with Crippen LogP contribution in [0.1, 0.15) is 0 Å². The zero-order chi connectivity index (χ0) is 30.2. The lowest BCUT2D eigenvalue weighted by atomic mass is 9.97. The van der Waals surface area contributed by atoms with E-state index in [0.29, 0.717) is 0 Å². The fraction of sp³-hybridized carbons (Fsp3) is 0. The molecule has 3 nitrogen and oxygen atoms in total. The van der Waals surface area contributed by atoms with Crippen molar-refractivity contribution in [2.45, 2.75) is 0 Å². The Balaban J connectivity index is 1.43. The molecule has 0 saturated heterocycles. The van der Waals surface area contributed by atoms with Gasteiger partial charge in [0.1, 0.15) is 5.65 Å². The van der Waals surface area contributed by atoms with Gasteiger partial charge in [-0.25, -0.2) is 4.98 Å². The van der Waals surface area contributed by atoms with E-state index in [1.807, 2.05) is 0 Å². The van der Waals surface area contributed by atoms with Crippen LogP contribution in [-0.4, -0.2) is 14.0 Å². The molecule has 3 aromatic heterocycles. The third-order valence-electron chi connectivity index (χ3n) is 9.45. The number of para-hydroxylation sites is 4. The zero-order valence-corrected chi connectivity index (χ0v) is 24.9. The molecule has 0 saturated carbocycles. The highest BCUT2D eigenvalue weighted by Gasteiger charge is 2.21. The van der Waals surface area contributed by atoms with Crippen LogP contribution in [-0.2, 0) is 0 Å². The molecule has 0 aliphatic rings. The van der Waals surface area contributed by atoms with Crippen LogP contribution in [0.25, 0.3) is 88.1 Å². The fourth-order valence-electron chi connectivity index (χ4n) is 7.45. The smallest absolute Gasteiger partial charge is 0.148 e. The topological polar surface area (TPSA) is 22.2 Å². The molecule has 10 aromatic rings. The number of fused-ring (bicyclic) bond motifs is 12. The standard InChI is InChI=1S/C43H27N3/c1-3-13-28(14-4-1)30-25-31(29-15-5-2-6-16-29)27-32(26-30)45-38-20-10-8-18-34(38)36-24-23-35-33-17-7-11-21-39(33)46-40-22-12-9-19-37(40)44-43(46)41(35)42(36)45/h1-27H. The molecule has 3 heterocycles. The molecule has 0 amide bonds. The van der Waals surface area contributed by atoms with Gasteiger partial charge < -0.3 is 4.57 Å². The molecule has 0 aliphatic carbocycles. The highest BCUT2D eigenvalue weighted by Crippen LogP contribution is 2.42. The lowest BCUT2D eigenvalue weighted by molar-refractivity contribution is 1.19. The Hall–Kier alpha value is -6.19. The number of nitrogens with zero attached hydrogens (tertiary/aromatic N) is 3. The molecule has 0 spiro atoms. The van der Waals surface area contributed by atoms with Gasteiger partial charge in [0.25, 0.3) is 0 Å². The molecular weight excluding hydrogens is 558 g/mol. The minimum atomic E-state index is 0.979. The summed E-state index contributed by atoms with van der Waals surface area (Å²) in [6.45, 7) is 0. The summed E-state index contributed by atoms with van der Waals surface area (Å²) >= 11 is 0. The molecule has 3 heteroatoms. The summed E-state index contributed by atoms with van der Waals surface area (Å²) in [6.07, 6.45) is 0. The Morgan fingerprint density at radius 3 is 1.63 bits per heavy atom. The van der Waals surface area contributed by atoms with Crippen LogP contribution in [0.4, 0.5) is 0 Å². The van der Waals surface area contributed by atoms with Crippen LogP contribution < -0.4 is 0 Å². The molecule has 46 heavy (non-hydrogen) atoms. The molecule has 0 N–H and O–H groups in total. The molecule has 0 fully saturated rings. The van der Waals surface area contributed by atoms with E-state index in [4.69, 9.17) is 4.98 Å². The van der Waals surface area contributed by atoms with Gasteiger partial charge in [-0.1, -0.05) is 121 Å². The molecule has 10 rings (SSSR count). The molecular formula is C43H27N3. The van der Waals surface area contributed by atoms with Crippen molar-refractivity contribution < 1.29 is 0 Å². The number of pyridine rings is 1. The quantitative estimate of drug-likeness (QED) is 0.189. The van der Waals surface area contributed by atoms with Gasteiger partial charge >= 0.3 is 0 Å². The first-order valence-electron chi connectivity index (χ1n) is 15.7. The highest BCUT2D eigenvalue weighted by atomic mass is 15.0. The van der Waals surface area contributed by atoms with Gasteiger partial charge in [-0.2, -0.15) is 0 Å². The lowest BCUT2D eigenvalue weighted by Gasteiger charge is -2.16. The maximum atomic E-state index is 5.33. The molecule has 7 aromatic carbocycles. The van der Waals surface area contributed by atoms with E-state index in [-0.39, 0.29) is 0 Å². The van der Waals surface area contributed by atoms with Gasteiger partial charge in [-0.05, 0) is 70.1 Å². The van der Waals surface area contributed by atoms with Crippen molar-refractivity contribution in [3.05, 3.63) is 164 Å².